The van der Waals surface area contributed by atoms with E-state index in [0.717, 1.165) is 45.5 Å². The molecule has 88 valence electrons. The molecule has 0 amide bonds. The third kappa shape index (κ3) is 2.50. The molecule has 0 bridgehead atoms. The third-order valence-corrected chi connectivity index (χ3v) is 3.59. The first-order valence-electron chi connectivity index (χ1n) is 5.78. The fourth-order valence-electron chi connectivity index (χ4n) is 2.73. The Morgan fingerprint density at radius 2 is 2.47 bits per heavy atom. The van der Waals surface area contributed by atoms with Gasteiger partial charge in [0.15, 0.2) is 0 Å². The summed E-state index contributed by atoms with van der Waals surface area (Å²) in [5.41, 5.74) is 0.00803. The average Bonchev–Trinajstić information content (AvgIpc) is 2.62. The van der Waals surface area contributed by atoms with Gasteiger partial charge in [0, 0.05) is 39.8 Å². The molecule has 0 aromatic heterocycles. The summed E-state index contributed by atoms with van der Waals surface area (Å²) in [5, 5.41) is 8.90. The molecule has 0 aromatic rings. The monoisotopic (exact) mass is 215 g/mol. The number of rotatable bonds is 3. The average molecular weight is 215 g/mol. The highest BCUT2D eigenvalue weighted by Crippen LogP contribution is 2.34. The zero-order valence-corrected chi connectivity index (χ0v) is 9.45. The van der Waals surface area contributed by atoms with Crippen molar-refractivity contribution in [3.8, 4) is 0 Å². The Hall–Kier alpha value is -0.160. The van der Waals surface area contributed by atoms with Gasteiger partial charge >= 0.3 is 0 Å². The molecule has 0 aliphatic carbocycles. The number of hydrogen-bond donors (Lipinski definition) is 1. The second-order valence-electron chi connectivity index (χ2n) is 4.63. The molecule has 2 saturated heterocycles. The van der Waals surface area contributed by atoms with Crippen LogP contribution in [0.2, 0.25) is 0 Å². The Labute approximate surface area is 91.2 Å². The maximum Gasteiger partial charge on any atom is 0.0845 e. The lowest BCUT2D eigenvalue weighted by atomic mass is 9.91. The van der Waals surface area contributed by atoms with E-state index in [2.05, 4.69) is 4.90 Å². The van der Waals surface area contributed by atoms with E-state index >= 15 is 0 Å². The molecule has 0 unspecified atom stereocenters. The fraction of sp³-hybridized carbons (Fsp3) is 1.00. The maximum absolute atomic E-state index is 8.90. The van der Waals surface area contributed by atoms with Gasteiger partial charge in [-0.15, -0.1) is 0 Å². The largest absolute Gasteiger partial charge is 0.395 e. The zero-order valence-electron chi connectivity index (χ0n) is 9.45. The molecule has 2 aliphatic rings. The molecule has 1 N–H and O–H groups in total. The first-order valence-corrected chi connectivity index (χ1v) is 5.78. The molecule has 4 nitrogen and oxygen atoms in total. The molecule has 2 atom stereocenters. The fourth-order valence-corrected chi connectivity index (χ4v) is 2.73. The van der Waals surface area contributed by atoms with Crippen LogP contribution in [0.1, 0.15) is 19.3 Å². The second-order valence-corrected chi connectivity index (χ2v) is 4.63. The van der Waals surface area contributed by atoms with Crippen LogP contribution in [0.3, 0.4) is 0 Å². The molecule has 4 heteroatoms. The lowest BCUT2D eigenvalue weighted by molar-refractivity contribution is -0.119. The Balaban J connectivity index is 1.90. The van der Waals surface area contributed by atoms with Gasteiger partial charge in [-0.05, 0) is 12.8 Å². The van der Waals surface area contributed by atoms with E-state index in [-0.39, 0.29) is 12.2 Å². The van der Waals surface area contributed by atoms with Gasteiger partial charge in [0.1, 0.15) is 0 Å². The number of ether oxygens (including phenoxy) is 2. The molecule has 2 fully saturated rings. The number of aliphatic hydroxyl groups excluding tert-OH is 1. The number of nitrogens with zero attached hydrogens (tertiary/aromatic N) is 1. The van der Waals surface area contributed by atoms with Crippen molar-refractivity contribution in [1.29, 1.82) is 0 Å². The van der Waals surface area contributed by atoms with E-state index < -0.39 is 0 Å². The summed E-state index contributed by atoms with van der Waals surface area (Å²) in [5.74, 6) is 0. The number of hydrogen-bond acceptors (Lipinski definition) is 4. The summed E-state index contributed by atoms with van der Waals surface area (Å²) in [6, 6.07) is 0. The first-order chi connectivity index (χ1) is 7.28. The number of β-amino-alcohol motifs (C(OH)–C–C–N with tert-alkyl or cyclic N) is 1. The van der Waals surface area contributed by atoms with Gasteiger partial charge in [0.05, 0.1) is 18.3 Å². The van der Waals surface area contributed by atoms with Crippen molar-refractivity contribution in [1.82, 2.24) is 4.90 Å². The van der Waals surface area contributed by atoms with Gasteiger partial charge in [0.25, 0.3) is 0 Å². The standard InChI is InChI=1S/C11H21NO3/c1-14-10-2-7-15-11(8-10)3-4-12(9-11)5-6-13/h10,13H,2-9H2,1H3/t10-,11+/m1/s1. The molecule has 15 heavy (non-hydrogen) atoms. The summed E-state index contributed by atoms with van der Waals surface area (Å²) in [4.78, 5) is 2.28. The van der Waals surface area contributed by atoms with E-state index in [0.29, 0.717) is 6.10 Å². The van der Waals surface area contributed by atoms with Crippen molar-refractivity contribution in [3.63, 3.8) is 0 Å². The molecular weight excluding hydrogens is 194 g/mol. The molecule has 0 aromatic carbocycles. The Morgan fingerprint density at radius 1 is 1.60 bits per heavy atom. The van der Waals surface area contributed by atoms with Crippen LogP contribution in [-0.4, -0.2) is 61.7 Å². The van der Waals surface area contributed by atoms with E-state index in [1.807, 2.05) is 0 Å². The summed E-state index contributed by atoms with van der Waals surface area (Å²) in [6.45, 7) is 3.81. The van der Waals surface area contributed by atoms with E-state index in [1.54, 1.807) is 7.11 Å². The molecule has 1 spiro atoms. The minimum atomic E-state index is 0.00803. The van der Waals surface area contributed by atoms with E-state index in [4.69, 9.17) is 14.6 Å². The summed E-state index contributed by atoms with van der Waals surface area (Å²) in [7, 11) is 1.78. The van der Waals surface area contributed by atoms with Crippen molar-refractivity contribution in [2.75, 3.05) is 40.0 Å². The molecule has 2 heterocycles. The van der Waals surface area contributed by atoms with Gasteiger partial charge < -0.3 is 14.6 Å². The van der Waals surface area contributed by atoms with Crippen LogP contribution in [0.4, 0.5) is 0 Å². The predicted octanol–water partition coefficient (Wildman–Crippen LogP) is 0.249. The summed E-state index contributed by atoms with van der Waals surface area (Å²) < 4.78 is 11.4. The highest BCUT2D eigenvalue weighted by Gasteiger charge is 2.42. The van der Waals surface area contributed by atoms with Crippen LogP contribution in [0, 0.1) is 0 Å². The minimum Gasteiger partial charge on any atom is -0.395 e. The Bertz CT molecular complexity index is 212. The van der Waals surface area contributed by atoms with Crippen molar-refractivity contribution in [2.45, 2.75) is 31.0 Å². The van der Waals surface area contributed by atoms with Gasteiger partial charge in [-0.25, -0.2) is 0 Å². The van der Waals surface area contributed by atoms with Gasteiger partial charge in [-0.3, -0.25) is 4.90 Å². The van der Waals surface area contributed by atoms with Crippen LogP contribution in [0.5, 0.6) is 0 Å². The van der Waals surface area contributed by atoms with Crippen molar-refractivity contribution >= 4 is 0 Å². The molecule has 0 radical (unpaired) electrons. The number of methoxy groups -OCH3 is 1. The molecule has 2 rings (SSSR count). The van der Waals surface area contributed by atoms with Crippen molar-refractivity contribution in [2.24, 2.45) is 0 Å². The normalized spacial score (nSPS) is 37.6. The first kappa shape index (κ1) is 11.3. The van der Waals surface area contributed by atoms with Crippen LogP contribution in [0.25, 0.3) is 0 Å². The Morgan fingerprint density at radius 3 is 3.20 bits per heavy atom. The van der Waals surface area contributed by atoms with Crippen LogP contribution < -0.4 is 0 Å². The van der Waals surface area contributed by atoms with Crippen molar-refractivity contribution < 1.29 is 14.6 Å². The van der Waals surface area contributed by atoms with Gasteiger partial charge in [0.2, 0.25) is 0 Å². The quantitative estimate of drug-likeness (QED) is 0.732. The number of likely N-dealkylation sites (tertiary alicyclic amines) is 1. The SMILES string of the molecule is CO[C@@H]1CCO[C@@]2(CCN(CCO)C2)C1. The van der Waals surface area contributed by atoms with Gasteiger partial charge in [-0.1, -0.05) is 0 Å². The lowest BCUT2D eigenvalue weighted by Crippen LogP contribution is -2.44. The molecule has 2 aliphatic heterocycles. The maximum atomic E-state index is 8.90. The van der Waals surface area contributed by atoms with Crippen LogP contribution in [0.15, 0.2) is 0 Å². The third-order valence-electron chi connectivity index (χ3n) is 3.59. The highest BCUT2D eigenvalue weighted by molar-refractivity contribution is 4.95. The zero-order chi connectivity index (χ0) is 10.7. The topological polar surface area (TPSA) is 41.9 Å². The number of aliphatic hydroxyl groups is 1. The smallest absolute Gasteiger partial charge is 0.0845 e. The molecule has 0 saturated carbocycles. The second kappa shape index (κ2) is 4.78. The van der Waals surface area contributed by atoms with E-state index in [1.165, 1.54) is 0 Å². The molecular formula is C11H21NO3. The summed E-state index contributed by atoms with van der Waals surface area (Å²) >= 11 is 0. The van der Waals surface area contributed by atoms with Gasteiger partial charge in [-0.2, -0.15) is 0 Å². The minimum absolute atomic E-state index is 0.00803. The van der Waals surface area contributed by atoms with Crippen LogP contribution >= 0.6 is 0 Å². The van der Waals surface area contributed by atoms with Crippen molar-refractivity contribution in [3.05, 3.63) is 0 Å². The van der Waals surface area contributed by atoms with Crippen LogP contribution in [-0.2, 0) is 9.47 Å². The summed E-state index contributed by atoms with van der Waals surface area (Å²) in [6.07, 6.45) is 3.45. The predicted molar refractivity (Wildman–Crippen MR) is 56.9 cm³/mol. The highest BCUT2D eigenvalue weighted by atomic mass is 16.5. The van der Waals surface area contributed by atoms with E-state index in [9.17, 15) is 0 Å². The lowest BCUT2D eigenvalue weighted by Gasteiger charge is -2.37. The Kier molecular flexibility index (Phi) is 3.61.